The lowest BCUT2D eigenvalue weighted by Gasteiger charge is -2.12. The minimum Gasteiger partial charge on any atom is -0.461 e. The van der Waals surface area contributed by atoms with Gasteiger partial charge in [-0.25, -0.2) is 0 Å². The molecule has 158 valence electrons. The zero-order chi connectivity index (χ0) is 21.8. The molecule has 0 saturated carbocycles. The highest BCUT2D eigenvalue weighted by Gasteiger charge is 2.19. The van der Waals surface area contributed by atoms with E-state index in [9.17, 15) is 4.79 Å². The second-order valence-corrected chi connectivity index (χ2v) is 8.47. The Hall–Kier alpha value is -2.74. The molecule has 0 aliphatic carbocycles. The van der Waals surface area contributed by atoms with Crippen molar-refractivity contribution in [2.24, 2.45) is 0 Å². The lowest BCUT2D eigenvalue weighted by molar-refractivity contribution is -0.113. The molecule has 0 aliphatic rings. The molecule has 0 atom stereocenters. The first kappa shape index (κ1) is 21.5. The van der Waals surface area contributed by atoms with Crippen LogP contribution in [0.2, 0.25) is 10.0 Å². The zero-order valence-electron chi connectivity index (χ0n) is 16.5. The Kier molecular flexibility index (Phi) is 6.65. The number of amides is 1. The summed E-state index contributed by atoms with van der Waals surface area (Å²) in [6.07, 6.45) is 1.59. The molecule has 2 aromatic carbocycles. The highest BCUT2D eigenvalue weighted by molar-refractivity contribution is 7.99. The van der Waals surface area contributed by atoms with Crippen molar-refractivity contribution in [1.29, 1.82) is 0 Å². The van der Waals surface area contributed by atoms with Crippen molar-refractivity contribution in [3.05, 3.63) is 82.0 Å². The number of benzene rings is 2. The Bertz CT molecular complexity index is 1190. The van der Waals surface area contributed by atoms with E-state index < -0.39 is 0 Å². The predicted octanol–water partition coefficient (Wildman–Crippen LogP) is 5.93. The maximum absolute atomic E-state index is 12.6. The topological polar surface area (TPSA) is 73.0 Å². The number of aryl methyl sites for hydroxylation is 1. The van der Waals surface area contributed by atoms with Gasteiger partial charge in [-0.3, -0.25) is 9.36 Å². The molecule has 4 aromatic rings. The molecule has 1 amide bonds. The van der Waals surface area contributed by atoms with Gasteiger partial charge in [-0.05, 0) is 36.2 Å². The fourth-order valence-electron chi connectivity index (χ4n) is 2.97. The van der Waals surface area contributed by atoms with Gasteiger partial charge in [-0.1, -0.05) is 71.4 Å². The van der Waals surface area contributed by atoms with Crippen LogP contribution in [0.5, 0.6) is 0 Å². The van der Waals surface area contributed by atoms with Crippen LogP contribution in [0.4, 0.5) is 5.69 Å². The maximum atomic E-state index is 12.6. The molecule has 0 aliphatic heterocycles. The largest absolute Gasteiger partial charge is 0.461 e. The van der Waals surface area contributed by atoms with E-state index in [2.05, 4.69) is 15.5 Å². The molecule has 2 heterocycles. The number of halogens is 2. The van der Waals surface area contributed by atoms with Gasteiger partial charge < -0.3 is 9.73 Å². The van der Waals surface area contributed by atoms with Gasteiger partial charge in [0, 0.05) is 0 Å². The number of aromatic nitrogens is 3. The summed E-state index contributed by atoms with van der Waals surface area (Å²) in [5, 5.41) is 12.8. The van der Waals surface area contributed by atoms with E-state index in [1.807, 2.05) is 47.9 Å². The number of thioether (sulfide) groups is 1. The Morgan fingerprint density at radius 3 is 2.65 bits per heavy atom. The number of nitrogens with zero attached hydrogens (tertiary/aromatic N) is 3. The molecule has 0 fully saturated rings. The first-order chi connectivity index (χ1) is 15.0. The quantitative estimate of drug-likeness (QED) is 0.337. The highest BCUT2D eigenvalue weighted by atomic mass is 35.5. The lowest BCUT2D eigenvalue weighted by Crippen LogP contribution is -2.15. The number of anilines is 1. The van der Waals surface area contributed by atoms with Crippen LogP contribution in [0.15, 0.2) is 70.4 Å². The third-order valence-electron chi connectivity index (χ3n) is 4.52. The van der Waals surface area contributed by atoms with Crippen molar-refractivity contribution in [2.75, 3.05) is 11.1 Å². The Balaban J connectivity index is 1.53. The van der Waals surface area contributed by atoms with Gasteiger partial charge in [-0.2, -0.15) is 0 Å². The van der Waals surface area contributed by atoms with Crippen molar-refractivity contribution in [1.82, 2.24) is 14.8 Å². The van der Waals surface area contributed by atoms with Gasteiger partial charge in [-0.15, -0.1) is 10.2 Å². The van der Waals surface area contributed by atoms with E-state index in [1.54, 1.807) is 24.5 Å². The van der Waals surface area contributed by atoms with Gasteiger partial charge in [0.15, 0.2) is 10.9 Å². The summed E-state index contributed by atoms with van der Waals surface area (Å²) in [7, 11) is 0. The van der Waals surface area contributed by atoms with E-state index in [-0.39, 0.29) is 11.7 Å². The number of rotatable bonds is 7. The molecule has 2 aromatic heterocycles. The molecule has 0 radical (unpaired) electrons. The standard InChI is InChI=1S/C22H18Cl2N4O2S/c1-14-9-10-16(23)20(19(14)24)25-18(29)13-31-22-27-26-21(17-8-5-11-30-17)28(22)12-15-6-3-2-4-7-15/h2-11H,12-13H2,1H3,(H,25,29). The Morgan fingerprint density at radius 2 is 1.90 bits per heavy atom. The van der Waals surface area contributed by atoms with Gasteiger partial charge in [0.2, 0.25) is 11.7 Å². The molecule has 31 heavy (non-hydrogen) atoms. The van der Waals surface area contributed by atoms with E-state index >= 15 is 0 Å². The molecule has 6 nitrogen and oxygen atoms in total. The Morgan fingerprint density at radius 1 is 1.10 bits per heavy atom. The second-order valence-electron chi connectivity index (χ2n) is 6.75. The monoisotopic (exact) mass is 472 g/mol. The number of furan rings is 1. The molecule has 0 saturated heterocycles. The molecule has 1 N–H and O–H groups in total. The zero-order valence-corrected chi connectivity index (χ0v) is 18.8. The summed E-state index contributed by atoms with van der Waals surface area (Å²) < 4.78 is 7.44. The van der Waals surface area contributed by atoms with Crippen LogP contribution in [0.25, 0.3) is 11.6 Å². The molecule has 0 unspecified atom stereocenters. The van der Waals surface area contributed by atoms with Crippen LogP contribution in [-0.4, -0.2) is 26.4 Å². The SMILES string of the molecule is Cc1ccc(Cl)c(NC(=O)CSc2nnc(-c3ccco3)n2Cc2ccccc2)c1Cl. The van der Waals surface area contributed by atoms with Crippen LogP contribution in [-0.2, 0) is 11.3 Å². The average molecular weight is 473 g/mol. The highest BCUT2D eigenvalue weighted by Crippen LogP contribution is 2.33. The van der Waals surface area contributed by atoms with Crippen molar-refractivity contribution >= 4 is 46.6 Å². The molecule has 4 rings (SSSR count). The smallest absolute Gasteiger partial charge is 0.234 e. The third-order valence-corrected chi connectivity index (χ3v) is 6.29. The van der Waals surface area contributed by atoms with Crippen LogP contribution < -0.4 is 5.32 Å². The van der Waals surface area contributed by atoms with E-state index in [1.165, 1.54) is 11.8 Å². The summed E-state index contributed by atoms with van der Waals surface area (Å²) in [6, 6.07) is 17.1. The van der Waals surface area contributed by atoms with Crippen LogP contribution in [0.1, 0.15) is 11.1 Å². The Labute approximate surface area is 193 Å². The fourth-order valence-corrected chi connectivity index (χ4v) is 4.17. The van der Waals surface area contributed by atoms with Gasteiger partial charge >= 0.3 is 0 Å². The first-order valence-electron chi connectivity index (χ1n) is 9.41. The number of carbonyl (C=O) groups is 1. The van der Waals surface area contributed by atoms with E-state index in [0.717, 1.165) is 11.1 Å². The van der Waals surface area contributed by atoms with E-state index in [4.69, 9.17) is 27.6 Å². The van der Waals surface area contributed by atoms with Gasteiger partial charge in [0.1, 0.15) is 0 Å². The maximum Gasteiger partial charge on any atom is 0.234 e. The number of hydrogen-bond donors (Lipinski definition) is 1. The average Bonchev–Trinajstić information content (AvgIpc) is 3.43. The predicted molar refractivity (Wildman–Crippen MR) is 124 cm³/mol. The third kappa shape index (κ3) is 4.95. The lowest BCUT2D eigenvalue weighted by atomic mass is 10.2. The van der Waals surface area contributed by atoms with Crippen LogP contribution in [0, 0.1) is 6.92 Å². The number of carbonyl (C=O) groups excluding carboxylic acids is 1. The summed E-state index contributed by atoms with van der Waals surface area (Å²) in [4.78, 5) is 12.6. The molecule has 0 bridgehead atoms. The normalized spacial score (nSPS) is 10.9. The van der Waals surface area contributed by atoms with Crippen molar-refractivity contribution in [2.45, 2.75) is 18.6 Å². The summed E-state index contributed by atoms with van der Waals surface area (Å²) in [6.45, 7) is 2.40. The summed E-state index contributed by atoms with van der Waals surface area (Å²) in [5.41, 5.74) is 2.33. The second kappa shape index (κ2) is 9.60. The van der Waals surface area contributed by atoms with Crippen LogP contribution >= 0.6 is 35.0 Å². The van der Waals surface area contributed by atoms with E-state index in [0.29, 0.717) is 39.0 Å². The fraction of sp³-hybridized carbons (Fsp3) is 0.136. The van der Waals surface area contributed by atoms with Gasteiger partial charge in [0.05, 0.1) is 34.3 Å². The molecule has 9 heteroatoms. The first-order valence-corrected chi connectivity index (χ1v) is 11.2. The molecular weight excluding hydrogens is 455 g/mol. The summed E-state index contributed by atoms with van der Waals surface area (Å²) >= 11 is 13.8. The van der Waals surface area contributed by atoms with Crippen molar-refractivity contribution < 1.29 is 9.21 Å². The van der Waals surface area contributed by atoms with Crippen LogP contribution in [0.3, 0.4) is 0 Å². The number of nitrogens with one attached hydrogen (secondary N) is 1. The molecule has 0 spiro atoms. The summed E-state index contributed by atoms with van der Waals surface area (Å²) in [5.74, 6) is 1.08. The number of hydrogen-bond acceptors (Lipinski definition) is 5. The van der Waals surface area contributed by atoms with Crippen molar-refractivity contribution in [3.8, 4) is 11.6 Å². The minimum atomic E-state index is -0.242. The minimum absolute atomic E-state index is 0.117. The van der Waals surface area contributed by atoms with Gasteiger partial charge in [0.25, 0.3) is 0 Å². The van der Waals surface area contributed by atoms with Crippen molar-refractivity contribution in [3.63, 3.8) is 0 Å². The molecular formula is C22H18Cl2N4O2S.